The number of rotatable bonds is 4. The highest BCUT2D eigenvalue weighted by Crippen LogP contribution is 2.30. The molecule has 2 heterocycles. The Morgan fingerprint density at radius 3 is 2.06 bits per heavy atom. The molecule has 4 amide bonds. The van der Waals surface area contributed by atoms with Gasteiger partial charge in [0.25, 0.3) is 5.91 Å². The second kappa shape index (κ2) is 9.72. The summed E-state index contributed by atoms with van der Waals surface area (Å²) in [4.78, 5) is 43.1. The fraction of sp³-hybridized carbons (Fsp3) is 0.375. The topological polar surface area (TPSA) is 99.0 Å². The number of piperazine rings is 1. The summed E-state index contributed by atoms with van der Waals surface area (Å²) in [5, 5.41) is 2.98. The number of hydrogen-bond acceptors (Lipinski definition) is 4. The van der Waals surface area contributed by atoms with Gasteiger partial charge in [0.05, 0.1) is 11.4 Å². The quantitative estimate of drug-likeness (QED) is 0.771. The average Bonchev–Trinajstić information content (AvgIpc) is 2.84. The summed E-state index contributed by atoms with van der Waals surface area (Å²) in [6.07, 6.45) is 3.40. The van der Waals surface area contributed by atoms with Crippen LogP contribution in [0.25, 0.3) is 0 Å². The van der Waals surface area contributed by atoms with Gasteiger partial charge in [-0.1, -0.05) is 18.2 Å². The number of anilines is 2. The minimum absolute atomic E-state index is 0.0211. The molecule has 32 heavy (non-hydrogen) atoms. The summed E-state index contributed by atoms with van der Waals surface area (Å²) in [6.45, 7) is 3.67. The zero-order valence-corrected chi connectivity index (χ0v) is 18.1. The maximum absolute atomic E-state index is 13.0. The third-order valence-corrected chi connectivity index (χ3v) is 6.09. The molecule has 0 aromatic heterocycles. The van der Waals surface area contributed by atoms with Crippen LogP contribution in [0.3, 0.4) is 0 Å². The van der Waals surface area contributed by atoms with Crippen LogP contribution in [0.2, 0.25) is 0 Å². The van der Waals surface area contributed by atoms with E-state index in [0.717, 1.165) is 31.6 Å². The number of primary amides is 1. The molecule has 2 fully saturated rings. The average molecular weight is 436 g/mol. The first-order valence-corrected chi connectivity index (χ1v) is 11.1. The summed E-state index contributed by atoms with van der Waals surface area (Å²) >= 11 is 0. The van der Waals surface area contributed by atoms with Crippen LogP contribution in [0.15, 0.2) is 48.5 Å². The van der Waals surface area contributed by atoms with Gasteiger partial charge in [0.1, 0.15) is 0 Å². The number of amides is 4. The van der Waals surface area contributed by atoms with Gasteiger partial charge in [0.15, 0.2) is 0 Å². The molecule has 2 aromatic carbocycles. The predicted octanol–water partition coefficient (Wildman–Crippen LogP) is 2.77. The van der Waals surface area contributed by atoms with Crippen molar-refractivity contribution in [1.82, 2.24) is 9.80 Å². The number of benzene rings is 2. The van der Waals surface area contributed by atoms with E-state index >= 15 is 0 Å². The fourth-order valence-electron chi connectivity index (χ4n) is 4.27. The summed E-state index contributed by atoms with van der Waals surface area (Å²) < 4.78 is 0. The van der Waals surface area contributed by atoms with Crippen molar-refractivity contribution >= 4 is 29.2 Å². The van der Waals surface area contributed by atoms with Crippen molar-refractivity contribution in [3.63, 3.8) is 0 Å². The monoisotopic (exact) mass is 435 g/mol. The van der Waals surface area contributed by atoms with E-state index in [9.17, 15) is 14.4 Å². The second-order valence-electron chi connectivity index (χ2n) is 8.22. The van der Waals surface area contributed by atoms with Gasteiger partial charge in [-0.25, -0.2) is 4.79 Å². The number of carbonyl (C=O) groups is 3. The Hall–Kier alpha value is -3.55. The maximum Gasteiger partial charge on any atom is 0.322 e. The van der Waals surface area contributed by atoms with Crippen LogP contribution in [-0.2, 0) is 0 Å². The third-order valence-electron chi connectivity index (χ3n) is 6.09. The fourth-order valence-corrected chi connectivity index (χ4v) is 4.27. The van der Waals surface area contributed by atoms with Crippen LogP contribution in [-0.4, -0.2) is 66.9 Å². The second-order valence-corrected chi connectivity index (χ2v) is 8.22. The number of nitrogens with two attached hydrogens (primary N) is 1. The van der Waals surface area contributed by atoms with Crippen molar-refractivity contribution < 1.29 is 14.4 Å². The molecule has 2 aliphatic rings. The highest BCUT2D eigenvalue weighted by Gasteiger charge is 2.26. The first kappa shape index (κ1) is 21.7. The third kappa shape index (κ3) is 4.85. The molecule has 8 nitrogen and oxygen atoms in total. The summed E-state index contributed by atoms with van der Waals surface area (Å²) in [6, 6.07) is 14.1. The van der Waals surface area contributed by atoms with E-state index < -0.39 is 5.91 Å². The Balaban J connectivity index is 1.43. The SMILES string of the molecule is NC(=O)c1ccc(N2CCCCC2)c(NC(=O)N2CCN(C(=O)c3ccccc3)CC2)c1. The normalized spacial score (nSPS) is 16.6. The van der Waals surface area contributed by atoms with E-state index in [0.29, 0.717) is 43.0 Å². The summed E-state index contributed by atoms with van der Waals surface area (Å²) in [5.41, 5.74) is 7.97. The lowest BCUT2D eigenvalue weighted by Crippen LogP contribution is -2.51. The highest BCUT2D eigenvalue weighted by molar-refractivity contribution is 5.99. The molecule has 0 aliphatic carbocycles. The van der Waals surface area contributed by atoms with Crippen molar-refractivity contribution in [2.24, 2.45) is 5.73 Å². The summed E-state index contributed by atoms with van der Waals surface area (Å²) in [7, 11) is 0. The first-order chi connectivity index (χ1) is 15.5. The predicted molar refractivity (Wildman–Crippen MR) is 124 cm³/mol. The van der Waals surface area contributed by atoms with Gasteiger partial charge >= 0.3 is 6.03 Å². The highest BCUT2D eigenvalue weighted by atomic mass is 16.2. The molecule has 0 spiro atoms. The largest absolute Gasteiger partial charge is 0.370 e. The van der Waals surface area contributed by atoms with E-state index in [1.807, 2.05) is 24.3 Å². The lowest BCUT2D eigenvalue weighted by atomic mass is 10.1. The van der Waals surface area contributed by atoms with Gasteiger partial charge in [-0.15, -0.1) is 0 Å². The van der Waals surface area contributed by atoms with Crippen LogP contribution in [0.4, 0.5) is 16.2 Å². The van der Waals surface area contributed by atoms with E-state index in [1.165, 1.54) is 6.42 Å². The first-order valence-electron chi connectivity index (χ1n) is 11.1. The molecule has 4 rings (SSSR count). The standard InChI is InChI=1S/C24H29N5O3/c25-22(30)19-9-10-21(27-11-5-2-6-12-27)20(17-19)26-24(32)29-15-13-28(14-16-29)23(31)18-7-3-1-4-8-18/h1,3-4,7-10,17H,2,5-6,11-16H2,(H2,25,30)(H,26,32). The smallest absolute Gasteiger partial charge is 0.322 e. The van der Waals surface area contributed by atoms with Gasteiger partial charge < -0.3 is 25.8 Å². The molecule has 0 unspecified atom stereocenters. The van der Waals surface area contributed by atoms with E-state index in [1.54, 1.807) is 34.1 Å². The van der Waals surface area contributed by atoms with Crippen LogP contribution < -0.4 is 16.0 Å². The Kier molecular flexibility index (Phi) is 6.58. The zero-order chi connectivity index (χ0) is 22.5. The van der Waals surface area contributed by atoms with Gasteiger partial charge in [0.2, 0.25) is 5.91 Å². The zero-order valence-electron chi connectivity index (χ0n) is 18.1. The van der Waals surface area contributed by atoms with E-state index in [2.05, 4.69) is 10.2 Å². The Labute approximate surface area is 188 Å². The molecular formula is C24H29N5O3. The lowest BCUT2D eigenvalue weighted by Gasteiger charge is -2.35. The van der Waals surface area contributed by atoms with Gasteiger partial charge in [-0.3, -0.25) is 9.59 Å². The van der Waals surface area contributed by atoms with Gasteiger partial charge in [-0.05, 0) is 49.6 Å². The van der Waals surface area contributed by atoms with E-state index in [-0.39, 0.29) is 11.9 Å². The Bertz CT molecular complexity index is 980. The number of piperidine rings is 1. The molecule has 0 atom stereocenters. The van der Waals surface area contributed by atoms with Crippen molar-refractivity contribution in [2.75, 3.05) is 49.5 Å². The maximum atomic E-state index is 13.0. The minimum atomic E-state index is -0.529. The molecule has 0 radical (unpaired) electrons. The van der Waals surface area contributed by atoms with Crippen LogP contribution in [0, 0.1) is 0 Å². The molecule has 2 aromatic rings. The van der Waals surface area contributed by atoms with Crippen LogP contribution in [0.1, 0.15) is 40.0 Å². The molecule has 3 N–H and O–H groups in total. The minimum Gasteiger partial charge on any atom is -0.370 e. The summed E-state index contributed by atoms with van der Waals surface area (Å²) in [5.74, 6) is -0.550. The Morgan fingerprint density at radius 1 is 0.750 bits per heavy atom. The number of nitrogens with one attached hydrogen (secondary N) is 1. The van der Waals surface area contributed by atoms with E-state index in [4.69, 9.17) is 5.73 Å². The molecule has 2 saturated heterocycles. The van der Waals surface area contributed by atoms with Crippen molar-refractivity contribution in [3.8, 4) is 0 Å². The van der Waals surface area contributed by atoms with Gasteiger partial charge in [0, 0.05) is 50.4 Å². The van der Waals surface area contributed by atoms with Crippen molar-refractivity contribution in [1.29, 1.82) is 0 Å². The van der Waals surface area contributed by atoms with Crippen molar-refractivity contribution in [2.45, 2.75) is 19.3 Å². The number of nitrogens with zero attached hydrogens (tertiary/aromatic N) is 3. The lowest BCUT2D eigenvalue weighted by molar-refractivity contribution is 0.0671. The molecule has 0 saturated carbocycles. The molecule has 8 heteroatoms. The molecule has 168 valence electrons. The number of urea groups is 1. The van der Waals surface area contributed by atoms with Crippen LogP contribution >= 0.6 is 0 Å². The van der Waals surface area contributed by atoms with Gasteiger partial charge in [-0.2, -0.15) is 0 Å². The number of carbonyl (C=O) groups excluding carboxylic acids is 3. The van der Waals surface area contributed by atoms with Crippen molar-refractivity contribution in [3.05, 3.63) is 59.7 Å². The molecule has 2 aliphatic heterocycles. The Morgan fingerprint density at radius 2 is 1.41 bits per heavy atom. The molecular weight excluding hydrogens is 406 g/mol. The number of hydrogen-bond donors (Lipinski definition) is 2. The van der Waals surface area contributed by atoms with Crippen LogP contribution in [0.5, 0.6) is 0 Å². The molecule has 0 bridgehead atoms.